The summed E-state index contributed by atoms with van der Waals surface area (Å²) in [6.07, 6.45) is 3.98. The molecule has 0 amide bonds. The van der Waals surface area contributed by atoms with Crippen molar-refractivity contribution < 1.29 is 0 Å². The molecule has 0 aliphatic carbocycles. The highest BCUT2D eigenvalue weighted by atomic mass is 15.3. The first-order valence-corrected chi connectivity index (χ1v) is 5.56. The fourth-order valence-corrected chi connectivity index (χ4v) is 1.63. The normalized spacial score (nSPS) is 12.6. The van der Waals surface area contributed by atoms with Crippen LogP contribution in [0.5, 0.6) is 0 Å². The van der Waals surface area contributed by atoms with Crippen LogP contribution >= 0.6 is 0 Å². The number of nitrogens with zero attached hydrogens (tertiary/aromatic N) is 2. The van der Waals surface area contributed by atoms with E-state index in [9.17, 15) is 0 Å². The molecule has 2 rings (SSSR count). The van der Waals surface area contributed by atoms with Crippen molar-refractivity contribution in [2.45, 2.75) is 19.4 Å². The molecule has 1 unspecified atom stereocenters. The summed E-state index contributed by atoms with van der Waals surface area (Å²) in [6.45, 7) is 3.60. The molecule has 1 aromatic heterocycles. The largest absolute Gasteiger partial charge is 0.330 e. The Morgan fingerprint density at radius 1 is 1.31 bits per heavy atom. The summed E-state index contributed by atoms with van der Waals surface area (Å²) in [5, 5.41) is 4.34. The summed E-state index contributed by atoms with van der Waals surface area (Å²) < 4.78 is 1.96. The molecular formula is C13H17N3. The lowest BCUT2D eigenvalue weighted by molar-refractivity contribution is 0.684. The Morgan fingerprint density at radius 3 is 2.75 bits per heavy atom. The number of aromatic nitrogens is 2. The van der Waals surface area contributed by atoms with Gasteiger partial charge in [-0.05, 0) is 23.6 Å². The average Bonchev–Trinajstić information content (AvgIpc) is 2.78. The van der Waals surface area contributed by atoms with Crippen molar-refractivity contribution in [1.29, 1.82) is 0 Å². The van der Waals surface area contributed by atoms with Gasteiger partial charge in [0.1, 0.15) is 0 Å². The summed E-state index contributed by atoms with van der Waals surface area (Å²) in [6, 6.07) is 10.3. The minimum absolute atomic E-state index is 0.379. The van der Waals surface area contributed by atoms with Crippen LogP contribution in [0.1, 0.15) is 24.0 Å². The zero-order chi connectivity index (χ0) is 11.4. The van der Waals surface area contributed by atoms with E-state index in [0.29, 0.717) is 12.5 Å². The van der Waals surface area contributed by atoms with Crippen molar-refractivity contribution in [1.82, 2.24) is 9.78 Å². The van der Waals surface area contributed by atoms with Gasteiger partial charge in [-0.1, -0.05) is 37.3 Å². The highest BCUT2D eigenvalue weighted by molar-refractivity contribution is 5.16. The van der Waals surface area contributed by atoms with E-state index in [4.69, 9.17) is 5.73 Å². The Morgan fingerprint density at radius 2 is 2.06 bits per heavy atom. The predicted molar refractivity (Wildman–Crippen MR) is 65.2 cm³/mol. The van der Waals surface area contributed by atoms with Gasteiger partial charge in [0.2, 0.25) is 0 Å². The average molecular weight is 215 g/mol. The SMILES string of the molecule is CC(CN)c1cnn(Cc2ccccc2)c1. The molecule has 1 heterocycles. The maximum atomic E-state index is 5.63. The fourth-order valence-electron chi connectivity index (χ4n) is 1.63. The molecule has 1 atom stereocenters. The van der Waals surface area contributed by atoms with Gasteiger partial charge in [-0.15, -0.1) is 0 Å². The molecule has 0 saturated heterocycles. The highest BCUT2D eigenvalue weighted by Gasteiger charge is 2.05. The first-order chi connectivity index (χ1) is 7.79. The van der Waals surface area contributed by atoms with Gasteiger partial charge in [-0.25, -0.2) is 0 Å². The highest BCUT2D eigenvalue weighted by Crippen LogP contribution is 2.12. The van der Waals surface area contributed by atoms with Crippen LogP contribution in [-0.2, 0) is 6.54 Å². The van der Waals surface area contributed by atoms with Crippen LogP contribution in [0.3, 0.4) is 0 Å². The topological polar surface area (TPSA) is 43.8 Å². The zero-order valence-electron chi connectivity index (χ0n) is 9.50. The van der Waals surface area contributed by atoms with E-state index in [1.54, 1.807) is 0 Å². The van der Waals surface area contributed by atoms with Crippen molar-refractivity contribution >= 4 is 0 Å². The second-order valence-electron chi connectivity index (χ2n) is 4.09. The first-order valence-electron chi connectivity index (χ1n) is 5.56. The molecule has 2 aromatic rings. The van der Waals surface area contributed by atoms with Gasteiger partial charge in [0.05, 0.1) is 12.7 Å². The molecule has 0 aliphatic rings. The predicted octanol–water partition coefficient (Wildman–Crippen LogP) is 1.99. The first kappa shape index (κ1) is 10.9. The third-order valence-corrected chi connectivity index (χ3v) is 2.76. The summed E-state index contributed by atoms with van der Waals surface area (Å²) in [5.74, 6) is 0.379. The van der Waals surface area contributed by atoms with Gasteiger partial charge in [0, 0.05) is 6.20 Å². The molecule has 0 aliphatic heterocycles. The Hall–Kier alpha value is -1.61. The van der Waals surface area contributed by atoms with Crippen molar-refractivity contribution in [3.63, 3.8) is 0 Å². The molecule has 0 spiro atoms. The van der Waals surface area contributed by atoms with Crippen LogP contribution in [0, 0.1) is 0 Å². The lowest BCUT2D eigenvalue weighted by atomic mass is 10.1. The number of benzene rings is 1. The third kappa shape index (κ3) is 2.49. The molecule has 0 bridgehead atoms. The van der Waals surface area contributed by atoms with E-state index >= 15 is 0 Å². The number of hydrogen-bond donors (Lipinski definition) is 1. The third-order valence-electron chi connectivity index (χ3n) is 2.76. The van der Waals surface area contributed by atoms with E-state index in [1.165, 1.54) is 11.1 Å². The monoisotopic (exact) mass is 215 g/mol. The van der Waals surface area contributed by atoms with Gasteiger partial charge in [-0.3, -0.25) is 4.68 Å². The van der Waals surface area contributed by atoms with Crippen LogP contribution in [-0.4, -0.2) is 16.3 Å². The quantitative estimate of drug-likeness (QED) is 0.847. The Labute approximate surface area is 95.9 Å². The van der Waals surface area contributed by atoms with Crippen LogP contribution in [0.2, 0.25) is 0 Å². The smallest absolute Gasteiger partial charge is 0.0659 e. The van der Waals surface area contributed by atoms with Crippen LogP contribution in [0.4, 0.5) is 0 Å². The minimum Gasteiger partial charge on any atom is -0.330 e. The Balaban J connectivity index is 2.09. The molecular weight excluding hydrogens is 198 g/mol. The lowest BCUT2D eigenvalue weighted by Gasteiger charge is -2.04. The lowest BCUT2D eigenvalue weighted by Crippen LogP contribution is -2.08. The molecule has 0 saturated carbocycles. The van der Waals surface area contributed by atoms with Gasteiger partial charge in [-0.2, -0.15) is 5.10 Å². The molecule has 1 aromatic carbocycles. The van der Waals surface area contributed by atoms with E-state index < -0.39 is 0 Å². The fraction of sp³-hybridized carbons (Fsp3) is 0.308. The summed E-state index contributed by atoms with van der Waals surface area (Å²) in [7, 11) is 0. The van der Waals surface area contributed by atoms with Crippen molar-refractivity contribution in [3.8, 4) is 0 Å². The molecule has 2 N–H and O–H groups in total. The molecule has 0 radical (unpaired) electrons. The molecule has 3 nitrogen and oxygen atoms in total. The van der Waals surface area contributed by atoms with E-state index in [-0.39, 0.29) is 0 Å². The summed E-state index contributed by atoms with van der Waals surface area (Å²) in [5.41, 5.74) is 8.10. The minimum atomic E-state index is 0.379. The Kier molecular flexibility index (Phi) is 3.37. The molecule has 84 valence electrons. The number of rotatable bonds is 4. The van der Waals surface area contributed by atoms with Gasteiger partial charge >= 0.3 is 0 Å². The van der Waals surface area contributed by atoms with Crippen molar-refractivity contribution in [2.24, 2.45) is 5.73 Å². The summed E-state index contributed by atoms with van der Waals surface area (Å²) >= 11 is 0. The maximum Gasteiger partial charge on any atom is 0.0659 e. The number of nitrogens with two attached hydrogens (primary N) is 1. The van der Waals surface area contributed by atoms with E-state index in [1.807, 2.05) is 29.1 Å². The van der Waals surface area contributed by atoms with Crippen molar-refractivity contribution in [3.05, 3.63) is 53.9 Å². The zero-order valence-corrected chi connectivity index (χ0v) is 9.50. The molecule has 0 fully saturated rings. The van der Waals surface area contributed by atoms with Crippen LogP contribution in [0.25, 0.3) is 0 Å². The summed E-state index contributed by atoms with van der Waals surface area (Å²) in [4.78, 5) is 0. The van der Waals surface area contributed by atoms with Crippen LogP contribution in [0.15, 0.2) is 42.7 Å². The Bertz CT molecular complexity index is 433. The van der Waals surface area contributed by atoms with Gasteiger partial charge in [0.15, 0.2) is 0 Å². The maximum absolute atomic E-state index is 5.63. The van der Waals surface area contributed by atoms with Crippen LogP contribution < -0.4 is 5.73 Å². The molecule has 3 heteroatoms. The van der Waals surface area contributed by atoms with Crippen molar-refractivity contribution in [2.75, 3.05) is 6.54 Å². The standard InChI is InChI=1S/C13H17N3/c1-11(7-14)13-8-15-16(10-13)9-12-5-3-2-4-6-12/h2-6,8,10-11H,7,9,14H2,1H3. The van der Waals surface area contributed by atoms with E-state index in [0.717, 1.165) is 6.54 Å². The van der Waals surface area contributed by atoms with Gasteiger partial charge in [0.25, 0.3) is 0 Å². The van der Waals surface area contributed by atoms with E-state index in [2.05, 4.69) is 30.4 Å². The second-order valence-corrected chi connectivity index (χ2v) is 4.09. The second kappa shape index (κ2) is 4.94. The molecule has 16 heavy (non-hydrogen) atoms. The number of hydrogen-bond acceptors (Lipinski definition) is 2. The van der Waals surface area contributed by atoms with Gasteiger partial charge < -0.3 is 5.73 Å².